The second-order valence-electron chi connectivity index (χ2n) is 8.51. The third-order valence-corrected chi connectivity index (χ3v) is 6.52. The van der Waals surface area contributed by atoms with Crippen LogP contribution in [0.4, 0.5) is 13.2 Å². The van der Waals surface area contributed by atoms with E-state index in [0.717, 1.165) is 12.1 Å². The summed E-state index contributed by atoms with van der Waals surface area (Å²) in [5, 5.41) is 0.470. The Morgan fingerprint density at radius 1 is 1.18 bits per heavy atom. The van der Waals surface area contributed by atoms with E-state index >= 15 is 0 Å². The highest BCUT2D eigenvalue weighted by atomic mass is 35.5. The van der Waals surface area contributed by atoms with Crippen LogP contribution in [-0.2, 0) is 0 Å². The number of carbonyl (C=O) groups excluding carboxylic acids is 1. The zero-order chi connectivity index (χ0) is 23.9. The molecule has 0 radical (unpaired) electrons. The van der Waals surface area contributed by atoms with Crippen molar-refractivity contribution in [3.05, 3.63) is 57.5 Å². The number of hydrogen-bond acceptors (Lipinski definition) is 5. The van der Waals surface area contributed by atoms with Crippen molar-refractivity contribution >= 4 is 23.1 Å². The highest BCUT2D eigenvalue weighted by Crippen LogP contribution is 2.36. The Morgan fingerprint density at radius 3 is 2.45 bits per heavy atom. The zero-order valence-electron chi connectivity index (χ0n) is 18.3. The van der Waals surface area contributed by atoms with Gasteiger partial charge in [0.25, 0.3) is 5.91 Å². The van der Waals surface area contributed by atoms with Crippen molar-refractivity contribution < 1.29 is 22.7 Å². The predicted molar refractivity (Wildman–Crippen MR) is 118 cm³/mol. The van der Waals surface area contributed by atoms with E-state index < -0.39 is 23.8 Å². The van der Waals surface area contributed by atoms with Crippen molar-refractivity contribution in [3.63, 3.8) is 0 Å². The Labute approximate surface area is 194 Å². The van der Waals surface area contributed by atoms with E-state index in [1.165, 1.54) is 11.0 Å². The summed E-state index contributed by atoms with van der Waals surface area (Å²) in [6.45, 7) is 3.83. The van der Waals surface area contributed by atoms with Crippen LogP contribution in [0.3, 0.4) is 0 Å². The fourth-order valence-corrected chi connectivity index (χ4v) is 4.18. The summed E-state index contributed by atoms with van der Waals surface area (Å²) in [6, 6.07) is 3.62. The minimum absolute atomic E-state index is 0.0386. The summed E-state index contributed by atoms with van der Waals surface area (Å²) in [4.78, 5) is 23.6. The lowest BCUT2D eigenvalue weighted by atomic mass is 9.94. The maximum Gasteiger partial charge on any atom is 0.258 e. The van der Waals surface area contributed by atoms with Gasteiger partial charge in [-0.2, -0.15) is 0 Å². The van der Waals surface area contributed by atoms with Crippen molar-refractivity contribution in [1.82, 2.24) is 14.9 Å². The topological polar surface area (TPSA) is 81.3 Å². The van der Waals surface area contributed by atoms with Gasteiger partial charge in [0.15, 0.2) is 5.82 Å². The molecule has 1 aromatic heterocycles. The fraction of sp³-hybridized carbons (Fsp3) is 0.435. The third-order valence-electron chi connectivity index (χ3n) is 5.97. The molecule has 2 heterocycles. The van der Waals surface area contributed by atoms with Gasteiger partial charge >= 0.3 is 0 Å². The van der Waals surface area contributed by atoms with Gasteiger partial charge in [0, 0.05) is 30.2 Å². The van der Waals surface area contributed by atoms with Gasteiger partial charge in [0.1, 0.15) is 11.6 Å². The molecular weight excluding hydrogens is 457 g/mol. The number of ether oxygens (including phenoxy) is 1. The molecule has 0 atom stereocenters. The Bertz CT molecular complexity index is 1110. The number of hydrogen-bond donors (Lipinski definition) is 1. The van der Waals surface area contributed by atoms with E-state index in [4.69, 9.17) is 22.1 Å². The molecule has 1 saturated carbocycles. The number of aromatic nitrogens is 2. The lowest BCUT2D eigenvalue weighted by Gasteiger charge is -2.29. The number of carbonyl (C=O) groups is 1. The Hall–Kier alpha value is -2.81. The van der Waals surface area contributed by atoms with Crippen LogP contribution in [0.5, 0.6) is 5.75 Å². The Morgan fingerprint density at radius 2 is 1.82 bits per heavy atom. The Kier molecular flexibility index (Phi) is 6.26. The van der Waals surface area contributed by atoms with E-state index in [9.17, 15) is 18.0 Å². The second-order valence-corrected chi connectivity index (χ2v) is 8.89. The largest absolute Gasteiger partial charge is 0.489 e. The lowest BCUT2D eigenvalue weighted by Crippen LogP contribution is -2.33. The number of halogens is 4. The highest BCUT2D eigenvalue weighted by molar-refractivity contribution is 6.31. The number of amides is 1. The first-order valence-corrected chi connectivity index (χ1v) is 11.0. The number of aryl methyl sites for hydroxylation is 2. The standard InChI is InChI=1S/C23H24ClF3N4O2/c1-12-20(24)13(2)30-21(29-12)17-10-31(11-18(17)28)22(32)16-4-3-14(25)9-19(16)33-15-5-7-23(26,27)8-6-15/h3-4,9,15H,5-8,10-11,28H2,1-2H3. The van der Waals surface area contributed by atoms with Crippen LogP contribution in [-0.4, -0.2) is 45.9 Å². The smallest absolute Gasteiger partial charge is 0.258 e. The van der Waals surface area contributed by atoms with E-state index in [1.54, 1.807) is 13.8 Å². The van der Waals surface area contributed by atoms with Crippen molar-refractivity contribution in [1.29, 1.82) is 0 Å². The van der Waals surface area contributed by atoms with Gasteiger partial charge in [-0.15, -0.1) is 0 Å². The number of nitrogens with zero attached hydrogens (tertiary/aromatic N) is 3. The average molecular weight is 481 g/mol. The zero-order valence-corrected chi connectivity index (χ0v) is 19.1. The molecule has 33 heavy (non-hydrogen) atoms. The molecule has 6 nitrogen and oxygen atoms in total. The lowest BCUT2D eigenvalue weighted by molar-refractivity contribution is -0.0583. The normalized spacial score (nSPS) is 18.7. The SMILES string of the molecule is Cc1nc(C2=C(N)CN(C(=O)c3ccc(F)cc3OC3CCC(F)(F)CC3)C2)nc(C)c1Cl. The molecule has 1 aliphatic heterocycles. The van der Waals surface area contributed by atoms with Gasteiger partial charge in [0.2, 0.25) is 5.92 Å². The summed E-state index contributed by atoms with van der Waals surface area (Å²) in [6.07, 6.45) is -0.847. The molecule has 4 rings (SSSR count). The van der Waals surface area contributed by atoms with Gasteiger partial charge in [-0.1, -0.05) is 11.6 Å². The van der Waals surface area contributed by atoms with E-state index in [2.05, 4.69) is 9.97 Å². The maximum atomic E-state index is 13.9. The molecule has 0 unspecified atom stereocenters. The minimum atomic E-state index is -2.71. The van der Waals surface area contributed by atoms with Crippen LogP contribution >= 0.6 is 11.6 Å². The highest BCUT2D eigenvalue weighted by Gasteiger charge is 2.36. The van der Waals surface area contributed by atoms with Crippen molar-refractivity contribution in [2.24, 2.45) is 5.73 Å². The van der Waals surface area contributed by atoms with Crippen LogP contribution in [0.1, 0.15) is 53.3 Å². The molecule has 0 spiro atoms. The van der Waals surface area contributed by atoms with Gasteiger partial charge in [-0.05, 0) is 38.8 Å². The molecule has 176 valence electrons. The van der Waals surface area contributed by atoms with Crippen molar-refractivity contribution in [3.8, 4) is 5.75 Å². The van der Waals surface area contributed by atoms with Crippen LogP contribution in [0, 0.1) is 19.7 Å². The van der Waals surface area contributed by atoms with E-state index in [1.807, 2.05) is 0 Å². The van der Waals surface area contributed by atoms with E-state index in [-0.39, 0.29) is 50.1 Å². The molecule has 10 heteroatoms. The van der Waals surface area contributed by atoms with Crippen LogP contribution in [0.25, 0.3) is 5.57 Å². The summed E-state index contributed by atoms with van der Waals surface area (Å²) >= 11 is 6.15. The van der Waals surface area contributed by atoms with Gasteiger partial charge < -0.3 is 15.4 Å². The summed E-state index contributed by atoms with van der Waals surface area (Å²) in [7, 11) is 0. The fourth-order valence-electron chi connectivity index (χ4n) is 4.10. The van der Waals surface area contributed by atoms with Crippen LogP contribution < -0.4 is 10.5 Å². The molecular formula is C23H24ClF3N4O2. The Balaban J connectivity index is 1.53. The number of benzene rings is 1. The van der Waals surface area contributed by atoms with Crippen LogP contribution in [0.15, 0.2) is 23.9 Å². The average Bonchev–Trinajstić information content (AvgIpc) is 3.14. The summed E-state index contributed by atoms with van der Waals surface area (Å²) in [5.74, 6) is -3.26. The van der Waals surface area contributed by atoms with Crippen LogP contribution in [0.2, 0.25) is 5.02 Å². The first kappa shape index (κ1) is 23.4. The molecule has 2 N–H and O–H groups in total. The number of alkyl halides is 2. The summed E-state index contributed by atoms with van der Waals surface area (Å²) in [5.41, 5.74) is 8.63. The quantitative estimate of drug-likeness (QED) is 0.687. The predicted octanol–water partition coefficient (Wildman–Crippen LogP) is 4.67. The van der Waals surface area contributed by atoms with Gasteiger partial charge in [-0.3, -0.25) is 4.79 Å². The molecule has 2 aromatic rings. The van der Waals surface area contributed by atoms with Crippen molar-refractivity contribution in [2.45, 2.75) is 51.6 Å². The molecule has 0 saturated heterocycles. The summed E-state index contributed by atoms with van der Waals surface area (Å²) < 4.78 is 46.7. The van der Waals surface area contributed by atoms with Gasteiger partial charge in [-0.25, -0.2) is 23.1 Å². The molecule has 1 aromatic carbocycles. The number of nitrogens with two attached hydrogens (primary N) is 1. The van der Waals surface area contributed by atoms with E-state index in [0.29, 0.717) is 33.5 Å². The molecule has 1 fully saturated rings. The first-order chi connectivity index (χ1) is 15.5. The maximum absolute atomic E-state index is 13.9. The first-order valence-electron chi connectivity index (χ1n) is 10.7. The monoisotopic (exact) mass is 480 g/mol. The molecule has 2 aliphatic rings. The molecule has 1 amide bonds. The van der Waals surface area contributed by atoms with Gasteiger partial charge in [0.05, 0.1) is 41.2 Å². The second kappa shape index (κ2) is 8.85. The molecule has 0 bridgehead atoms. The number of rotatable bonds is 4. The minimum Gasteiger partial charge on any atom is -0.489 e. The molecule has 1 aliphatic carbocycles. The third kappa shape index (κ3) is 4.93. The van der Waals surface area contributed by atoms with Crippen molar-refractivity contribution in [2.75, 3.05) is 13.1 Å².